The van der Waals surface area contributed by atoms with Gasteiger partial charge in [-0.3, -0.25) is 4.90 Å². The number of nitrogens with zero attached hydrogens (tertiary/aromatic N) is 2. The van der Waals surface area contributed by atoms with Gasteiger partial charge < -0.3 is 4.90 Å². The first-order valence-corrected chi connectivity index (χ1v) is 10.1. The smallest absolute Gasteiger partial charge is 0.215 e. The molecule has 1 aromatic carbocycles. The quantitative estimate of drug-likeness (QED) is 0.806. The molecule has 0 amide bonds. The molecular weight excluding hydrogens is 329 g/mol. The summed E-state index contributed by atoms with van der Waals surface area (Å²) in [7, 11) is -3.44. The SMILES string of the molecule is CCN1CCN(C(C)(C)CNS(=O)(=O)Cc2ccc(F)cc2)CC1. The highest BCUT2D eigenvalue weighted by molar-refractivity contribution is 7.88. The lowest BCUT2D eigenvalue weighted by Crippen LogP contribution is -2.58. The molecular formula is C17H28FN3O2S. The van der Waals surface area contributed by atoms with Crippen molar-refractivity contribution in [3.05, 3.63) is 35.6 Å². The normalized spacial score (nSPS) is 18.0. The predicted molar refractivity (Wildman–Crippen MR) is 94.8 cm³/mol. The van der Waals surface area contributed by atoms with Crippen LogP contribution in [0.5, 0.6) is 0 Å². The van der Waals surface area contributed by atoms with Gasteiger partial charge in [0.2, 0.25) is 10.0 Å². The van der Waals surface area contributed by atoms with E-state index < -0.39 is 10.0 Å². The van der Waals surface area contributed by atoms with Crippen LogP contribution in [-0.4, -0.2) is 63.0 Å². The number of nitrogens with one attached hydrogen (secondary N) is 1. The molecule has 2 rings (SSSR count). The lowest BCUT2D eigenvalue weighted by atomic mass is 10.0. The molecule has 1 heterocycles. The molecule has 1 aliphatic heterocycles. The van der Waals surface area contributed by atoms with E-state index in [2.05, 4.69) is 35.3 Å². The number of hydrogen-bond acceptors (Lipinski definition) is 4. The first-order valence-electron chi connectivity index (χ1n) is 8.41. The van der Waals surface area contributed by atoms with Gasteiger partial charge in [-0.25, -0.2) is 17.5 Å². The summed E-state index contributed by atoms with van der Waals surface area (Å²) in [4.78, 5) is 4.73. The highest BCUT2D eigenvalue weighted by atomic mass is 32.2. The Labute approximate surface area is 144 Å². The van der Waals surface area contributed by atoms with Gasteiger partial charge in [0.25, 0.3) is 0 Å². The number of halogens is 1. The molecule has 1 fully saturated rings. The van der Waals surface area contributed by atoms with Crippen molar-refractivity contribution in [2.24, 2.45) is 0 Å². The van der Waals surface area contributed by atoms with E-state index in [4.69, 9.17) is 0 Å². The molecule has 1 aromatic rings. The minimum Gasteiger partial charge on any atom is -0.301 e. The van der Waals surface area contributed by atoms with Crippen molar-refractivity contribution >= 4 is 10.0 Å². The van der Waals surface area contributed by atoms with Gasteiger partial charge in [-0.05, 0) is 38.1 Å². The number of benzene rings is 1. The Balaban J connectivity index is 1.89. The van der Waals surface area contributed by atoms with E-state index in [1.165, 1.54) is 24.3 Å². The van der Waals surface area contributed by atoms with E-state index in [0.29, 0.717) is 12.1 Å². The van der Waals surface area contributed by atoms with Crippen molar-refractivity contribution in [1.29, 1.82) is 0 Å². The minimum atomic E-state index is -3.44. The maximum atomic E-state index is 12.9. The van der Waals surface area contributed by atoms with Crippen molar-refractivity contribution in [3.63, 3.8) is 0 Å². The highest BCUT2D eigenvalue weighted by Crippen LogP contribution is 2.17. The summed E-state index contributed by atoms with van der Waals surface area (Å²) in [6, 6.07) is 5.57. The maximum Gasteiger partial charge on any atom is 0.215 e. The van der Waals surface area contributed by atoms with Gasteiger partial charge >= 0.3 is 0 Å². The average Bonchev–Trinajstić information content (AvgIpc) is 2.55. The van der Waals surface area contributed by atoms with Crippen LogP contribution in [0.15, 0.2) is 24.3 Å². The van der Waals surface area contributed by atoms with Gasteiger partial charge in [-0.1, -0.05) is 19.1 Å². The van der Waals surface area contributed by atoms with Crippen LogP contribution in [-0.2, 0) is 15.8 Å². The van der Waals surface area contributed by atoms with E-state index in [1.54, 1.807) is 0 Å². The fourth-order valence-corrected chi connectivity index (χ4v) is 4.23. The average molecular weight is 357 g/mol. The second kappa shape index (κ2) is 7.91. The molecule has 0 unspecified atom stereocenters. The second-order valence-electron chi connectivity index (χ2n) is 6.94. The Morgan fingerprint density at radius 2 is 1.71 bits per heavy atom. The highest BCUT2D eigenvalue weighted by Gasteiger charge is 2.30. The van der Waals surface area contributed by atoms with Crippen molar-refractivity contribution in [1.82, 2.24) is 14.5 Å². The van der Waals surface area contributed by atoms with Crippen LogP contribution in [0.25, 0.3) is 0 Å². The number of likely N-dealkylation sites (N-methyl/N-ethyl adjacent to an activating group) is 1. The molecule has 0 spiro atoms. The number of piperazine rings is 1. The van der Waals surface area contributed by atoms with Crippen LogP contribution >= 0.6 is 0 Å². The first-order chi connectivity index (χ1) is 11.2. The summed E-state index contributed by atoms with van der Waals surface area (Å²) in [5, 5.41) is 0. The Morgan fingerprint density at radius 3 is 2.25 bits per heavy atom. The maximum absolute atomic E-state index is 12.9. The first kappa shape index (κ1) is 19.3. The molecule has 1 aliphatic rings. The third-order valence-corrected chi connectivity index (χ3v) is 5.97. The minimum absolute atomic E-state index is 0.132. The summed E-state index contributed by atoms with van der Waals surface area (Å²) >= 11 is 0. The molecule has 5 nitrogen and oxygen atoms in total. The molecule has 0 atom stereocenters. The predicted octanol–water partition coefficient (Wildman–Crippen LogP) is 1.66. The van der Waals surface area contributed by atoms with E-state index in [-0.39, 0.29) is 17.1 Å². The van der Waals surface area contributed by atoms with Crippen LogP contribution in [0, 0.1) is 5.82 Å². The number of sulfonamides is 1. The molecule has 0 saturated carbocycles. The monoisotopic (exact) mass is 357 g/mol. The number of rotatable bonds is 7. The van der Waals surface area contributed by atoms with Crippen LogP contribution < -0.4 is 4.72 Å². The van der Waals surface area contributed by atoms with Crippen LogP contribution in [0.1, 0.15) is 26.3 Å². The molecule has 136 valence electrons. The summed E-state index contributed by atoms with van der Waals surface area (Å²) in [5.41, 5.74) is 0.341. The molecule has 0 bridgehead atoms. The molecule has 0 radical (unpaired) electrons. The largest absolute Gasteiger partial charge is 0.301 e. The third kappa shape index (κ3) is 5.51. The molecule has 24 heavy (non-hydrogen) atoms. The van der Waals surface area contributed by atoms with Gasteiger partial charge in [0, 0.05) is 38.3 Å². The van der Waals surface area contributed by atoms with Gasteiger partial charge in [-0.2, -0.15) is 0 Å². The Morgan fingerprint density at radius 1 is 1.12 bits per heavy atom. The van der Waals surface area contributed by atoms with Gasteiger partial charge in [0.05, 0.1) is 5.75 Å². The van der Waals surface area contributed by atoms with Gasteiger partial charge in [0.1, 0.15) is 5.82 Å². The fraction of sp³-hybridized carbons (Fsp3) is 0.647. The third-order valence-electron chi connectivity index (χ3n) is 4.67. The molecule has 7 heteroatoms. The van der Waals surface area contributed by atoms with Gasteiger partial charge in [-0.15, -0.1) is 0 Å². The van der Waals surface area contributed by atoms with E-state index >= 15 is 0 Å². The summed E-state index contributed by atoms with van der Waals surface area (Å²) in [5.74, 6) is -0.496. The van der Waals surface area contributed by atoms with Crippen LogP contribution in [0.3, 0.4) is 0 Å². The summed E-state index contributed by atoms with van der Waals surface area (Å²) < 4.78 is 40.2. The molecule has 1 N–H and O–H groups in total. The lowest BCUT2D eigenvalue weighted by Gasteiger charge is -2.44. The second-order valence-corrected chi connectivity index (χ2v) is 8.75. The number of hydrogen-bond donors (Lipinski definition) is 1. The van der Waals surface area contributed by atoms with Crippen molar-refractivity contribution < 1.29 is 12.8 Å². The van der Waals surface area contributed by atoms with E-state index in [0.717, 1.165) is 32.7 Å². The van der Waals surface area contributed by atoms with Crippen molar-refractivity contribution in [2.45, 2.75) is 32.1 Å². The molecule has 1 saturated heterocycles. The topological polar surface area (TPSA) is 52.6 Å². The zero-order valence-corrected chi connectivity index (χ0v) is 15.6. The van der Waals surface area contributed by atoms with Crippen molar-refractivity contribution in [3.8, 4) is 0 Å². The zero-order valence-electron chi connectivity index (χ0n) is 14.8. The molecule has 0 aromatic heterocycles. The Hall–Kier alpha value is -1.02. The standard InChI is InChI=1S/C17H28FN3O2S/c1-4-20-9-11-21(12-10-20)17(2,3)14-19-24(22,23)13-15-5-7-16(18)8-6-15/h5-8,19H,4,9-14H2,1-3H3. The van der Waals surface area contributed by atoms with Gasteiger partial charge in [0.15, 0.2) is 0 Å². The zero-order chi connectivity index (χ0) is 17.8. The fourth-order valence-electron chi connectivity index (χ4n) is 2.92. The van der Waals surface area contributed by atoms with Crippen LogP contribution in [0.2, 0.25) is 0 Å². The summed E-state index contributed by atoms with van der Waals surface area (Å²) in [6.45, 7) is 11.6. The van der Waals surface area contributed by atoms with Crippen LogP contribution in [0.4, 0.5) is 4.39 Å². The summed E-state index contributed by atoms with van der Waals surface area (Å²) in [6.07, 6.45) is 0. The van der Waals surface area contributed by atoms with E-state index in [9.17, 15) is 12.8 Å². The lowest BCUT2D eigenvalue weighted by molar-refractivity contribution is 0.0571. The van der Waals surface area contributed by atoms with E-state index in [1.807, 2.05) is 0 Å². The Bertz CT molecular complexity index is 624. The molecule has 0 aliphatic carbocycles. The van der Waals surface area contributed by atoms with Crippen molar-refractivity contribution in [2.75, 3.05) is 39.3 Å². The Kier molecular flexibility index (Phi) is 6.36.